The molecule has 20 heavy (non-hydrogen) atoms. The van der Waals surface area contributed by atoms with Gasteiger partial charge in [-0.15, -0.1) is 0 Å². The van der Waals surface area contributed by atoms with Gasteiger partial charge in [0, 0.05) is 35.6 Å². The molecule has 0 saturated heterocycles. The van der Waals surface area contributed by atoms with Gasteiger partial charge in [-0.1, -0.05) is 15.9 Å². The molecule has 1 aromatic heterocycles. The number of nitrogens with one attached hydrogen (secondary N) is 1. The van der Waals surface area contributed by atoms with Crippen LogP contribution in [0.3, 0.4) is 0 Å². The third-order valence-corrected chi connectivity index (χ3v) is 3.29. The van der Waals surface area contributed by atoms with Crippen LogP contribution in [-0.2, 0) is 4.74 Å². The molecule has 1 aromatic rings. The molecule has 0 bridgehead atoms. The van der Waals surface area contributed by atoms with Crippen molar-refractivity contribution in [3.8, 4) is 5.88 Å². The number of pyridine rings is 1. The Morgan fingerprint density at radius 2 is 2.15 bits per heavy atom. The zero-order chi connectivity index (χ0) is 14.8. The first-order chi connectivity index (χ1) is 9.32. The second kappa shape index (κ2) is 5.99. The summed E-state index contributed by atoms with van der Waals surface area (Å²) < 4.78 is 11.8. The summed E-state index contributed by atoms with van der Waals surface area (Å²) in [5.74, 6) is 0.597. The lowest BCUT2D eigenvalue weighted by molar-refractivity contribution is 0.0354. The summed E-state index contributed by atoms with van der Waals surface area (Å²) in [4.78, 5) is 15.7. The Balaban J connectivity index is 1.71. The Morgan fingerprint density at radius 3 is 2.75 bits per heavy atom. The maximum Gasteiger partial charge on any atom is 0.407 e. The van der Waals surface area contributed by atoms with Crippen molar-refractivity contribution in [1.29, 1.82) is 0 Å². The largest absolute Gasteiger partial charge is 0.474 e. The minimum absolute atomic E-state index is 0.0942. The van der Waals surface area contributed by atoms with Gasteiger partial charge >= 0.3 is 6.09 Å². The van der Waals surface area contributed by atoms with Crippen LogP contribution in [0, 0.1) is 0 Å². The van der Waals surface area contributed by atoms with Crippen LogP contribution in [0.15, 0.2) is 22.8 Å². The maximum absolute atomic E-state index is 11.6. The second-order valence-corrected chi connectivity index (χ2v) is 6.78. The quantitative estimate of drug-likeness (QED) is 0.915. The van der Waals surface area contributed by atoms with Crippen molar-refractivity contribution in [3.05, 3.63) is 22.8 Å². The van der Waals surface area contributed by atoms with Gasteiger partial charge < -0.3 is 14.8 Å². The Bertz CT molecular complexity index is 482. The Kier molecular flexibility index (Phi) is 4.52. The smallest absolute Gasteiger partial charge is 0.407 e. The van der Waals surface area contributed by atoms with Crippen LogP contribution in [-0.4, -0.2) is 28.8 Å². The molecule has 1 aliphatic carbocycles. The molecule has 1 aliphatic rings. The van der Waals surface area contributed by atoms with Crippen molar-refractivity contribution >= 4 is 22.0 Å². The number of halogens is 1. The molecule has 1 N–H and O–H groups in total. The van der Waals surface area contributed by atoms with Crippen LogP contribution in [0.4, 0.5) is 4.79 Å². The fourth-order valence-electron chi connectivity index (χ4n) is 1.87. The lowest BCUT2D eigenvalue weighted by Crippen LogP contribution is -2.50. The maximum atomic E-state index is 11.6. The van der Waals surface area contributed by atoms with Crippen molar-refractivity contribution in [3.63, 3.8) is 0 Å². The molecule has 0 aliphatic heterocycles. The van der Waals surface area contributed by atoms with E-state index in [1.807, 2.05) is 32.9 Å². The molecule has 1 fully saturated rings. The molecule has 5 nitrogen and oxygen atoms in total. The SMILES string of the molecule is CC(C)(C)OC(=O)N[C@H]1C[C@H](Oc2cc(Br)ccn2)C1. The first kappa shape index (κ1) is 15.1. The number of carbonyl (C=O) groups excluding carboxylic acids is 1. The average molecular weight is 343 g/mol. The van der Waals surface area contributed by atoms with Gasteiger partial charge in [-0.3, -0.25) is 0 Å². The van der Waals surface area contributed by atoms with Gasteiger partial charge in [0.25, 0.3) is 0 Å². The lowest BCUT2D eigenvalue weighted by Gasteiger charge is -2.35. The summed E-state index contributed by atoms with van der Waals surface area (Å²) >= 11 is 3.37. The summed E-state index contributed by atoms with van der Waals surface area (Å²) in [5, 5.41) is 2.83. The van der Waals surface area contributed by atoms with Gasteiger partial charge in [0.2, 0.25) is 5.88 Å². The van der Waals surface area contributed by atoms with E-state index in [0.717, 1.165) is 17.3 Å². The minimum Gasteiger partial charge on any atom is -0.474 e. The topological polar surface area (TPSA) is 60.5 Å². The molecule has 0 aromatic carbocycles. The molecule has 2 rings (SSSR count). The van der Waals surface area contributed by atoms with E-state index in [4.69, 9.17) is 9.47 Å². The fourth-order valence-corrected chi connectivity index (χ4v) is 2.19. The van der Waals surface area contributed by atoms with E-state index in [1.54, 1.807) is 6.20 Å². The molecule has 110 valence electrons. The lowest BCUT2D eigenvalue weighted by atomic mass is 9.89. The molecule has 6 heteroatoms. The normalized spacial score (nSPS) is 21.8. The van der Waals surface area contributed by atoms with E-state index in [9.17, 15) is 4.79 Å². The predicted octanol–water partition coefficient (Wildman–Crippen LogP) is 3.28. The molecule has 1 heterocycles. The molecule has 0 atom stereocenters. The molecule has 1 saturated carbocycles. The molecular formula is C14H19BrN2O3. The molecule has 0 unspecified atom stereocenters. The third-order valence-electron chi connectivity index (χ3n) is 2.80. The zero-order valence-corrected chi connectivity index (χ0v) is 13.4. The number of aromatic nitrogens is 1. The summed E-state index contributed by atoms with van der Waals surface area (Å²) in [6.07, 6.45) is 2.95. The summed E-state index contributed by atoms with van der Waals surface area (Å²) in [7, 11) is 0. The van der Waals surface area contributed by atoms with E-state index in [1.165, 1.54) is 0 Å². The van der Waals surface area contributed by atoms with Crippen molar-refractivity contribution in [1.82, 2.24) is 10.3 Å². The first-order valence-electron chi connectivity index (χ1n) is 6.59. The fraction of sp³-hybridized carbons (Fsp3) is 0.571. The van der Waals surface area contributed by atoms with Crippen LogP contribution in [0.1, 0.15) is 33.6 Å². The van der Waals surface area contributed by atoms with Crippen LogP contribution in [0.5, 0.6) is 5.88 Å². The summed E-state index contributed by atoms with van der Waals surface area (Å²) in [5.41, 5.74) is -0.468. The van der Waals surface area contributed by atoms with Crippen LogP contribution in [0.2, 0.25) is 0 Å². The number of amides is 1. The van der Waals surface area contributed by atoms with Gasteiger partial charge in [0.05, 0.1) is 0 Å². The van der Waals surface area contributed by atoms with E-state index in [2.05, 4.69) is 26.2 Å². The zero-order valence-electron chi connectivity index (χ0n) is 11.9. The van der Waals surface area contributed by atoms with Crippen molar-refractivity contribution in [2.45, 2.75) is 51.4 Å². The second-order valence-electron chi connectivity index (χ2n) is 5.87. The van der Waals surface area contributed by atoms with Crippen molar-refractivity contribution in [2.75, 3.05) is 0 Å². The number of nitrogens with zero attached hydrogens (tertiary/aromatic N) is 1. The molecular weight excluding hydrogens is 324 g/mol. The van der Waals surface area contributed by atoms with Crippen molar-refractivity contribution in [2.24, 2.45) is 0 Å². The van der Waals surface area contributed by atoms with E-state index in [-0.39, 0.29) is 18.2 Å². The Labute approximate surface area is 127 Å². The van der Waals surface area contributed by atoms with Gasteiger partial charge in [-0.2, -0.15) is 0 Å². The number of alkyl carbamates (subject to hydrolysis) is 1. The van der Waals surface area contributed by atoms with E-state index < -0.39 is 5.60 Å². The van der Waals surface area contributed by atoms with Gasteiger partial charge in [0.1, 0.15) is 11.7 Å². The monoisotopic (exact) mass is 342 g/mol. The van der Waals surface area contributed by atoms with E-state index in [0.29, 0.717) is 5.88 Å². The number of rotatable bonds is 3. The number of carbonyl (C=O) groups is 1. The van der Waals surface area contributed by atoms with Crippen molar-refractivity contribution < 1.29 is 14.3 Å². The molecule has 0 spiro atoms. The third kappa shape index (κ3) is 4.67. The van der Waals surface area contributed by atoms with E-state index >= 15 is 0 Å². The van der Waals surface area contributed by atoms with Crippen LogP contribution < -0.4 is 10.1 Å². The summed E-state index contributed by atoms with van der Waals surface area (Å²) in [6, 6.07) is 3.79. The number of ether oxygens (including phenoxy) is 2. The highest BCUT2D eigenvalue weighted by Gasteiger charge is 2.33. The van der Waals surface area contributed by atoms with Crippen LogP contribution in [0.25, 0.3) is 0 Å². The average Bonchev–Trinajstić information content (AvgIpc) is 2.23. The highest BCUT2D eigenvalue weighted by atomic mass is 79.9. The first-order valence-corrected chi connectivity index (χ1v) is 7.39. The highest BCUT2D eigenvalue weighted by Crippen LogP contribution is 2.26. The number of hydrogen-bond acceptors (Lipinski definition) is 4. The van der Waals surface area contributed by atoms with Gasteiger partial charge in [-0.25, -0.2) is 9.78 Å². The highest BCUT2D eigenvalue weighted by molar-refractivity contribution is 9.10. The molecule has 1 amide bonds. The van der Waals surface area contributed by atoms with Crippen LogP contribution >= 0.6 is 15.9 Å². The van der Waals surface area contributed by atoms with Gasteiger partial charge in [0.15, 0.2) is 0 Å². The Morgan fingerprint density at radius 1 is 1.45 bits per heavy atom. The number of hydrogen-bond donors (Lipinski definition) is 1. The molecule has 0 radical (unpaired) electrons. The predicted molar refractivity (Wildman–Crippen MR) is 78.7 cm³/mol. The van der Waals surface area contributed by atoms with Gasteiger partial charge in [-0.05, 0) is 26.8 Å². The summed E-state index contributed by atoms with van der Waals surface area (Å²) in [6.45, 7) is 5.54. The minimum atomic E-state index is -0.468. The standard InChI is InChI=1S/C14H19BrN2O3/c1-14(2,3)20-13(18)17-10-7-11(8-10)19-12-6-9(15)4-5-16-12/h4-6,10-11H,7-8H2,1-3H3,(H,17,18)/t10-,11-. The Hall–Kier alpha value is -1.30.